The number of nitrogens with zero attached hydrogens (tertiary/aromatic N) is 3. The van der Waals surface area contributed by atoms with E-state index in [4.69, 9.17) is 15.7 Å². The first kappa shape index (κ1) is 17.3. The van der Waals surface area contributed by atoms with E-state index in [-0.39, 0.29) is 11.7 Å². The van der Waals surface area contributed by atoms with Gasteiger partial charge in [-0.3, -0.25) is 9.89 Å². The number of rotatable bonds is 7. The van der Waals surface area contributed by atoms with Crippen molar-refractivity contribution in [1.29, 1.82) is 5.26 Å². The van der Waals surface area contributed by atoms with E-state index in [2.05, 4.69) is 10.2 Å². The molecule has 3 N–H and O–H groups in total. The zero-order valence-electron chi connectivity index (χ0n) is 13.9. The SMILES string of the molecule is CCOc1ccccc1C(=O)N(C)CCCc1[nH]nc(N)c1C#N. The minimum atomic E-state index is -0.0938. The fraction of sp³-hybridized carbons (Fsp3) is 0.353. The van der Waals surface area contributed by atoms with Crippen LogP contribution < -0.4 is 10.5 Å². The molecule has 0 saturated heterocycles. The molecule has 2 aromatic rings. The highest BCUT2D eigenvalue weighted by molar-refractivity contribution is 5.96. The van der Waals surface area contributed by atoms with Crippen LogP contribution in [0.15, 0.2) is 24.3 Å². The Balaban J connectivity index is 1.96. The molecule has 0 spiro atoms. The number of nitriles is 1. The Morgan fingerprint density at radius 3 is 2.92 bits per heavy atom. The van der Waals surface area contributed by atoms with E-state index in [1.54, 1.807) is 24.1 Å². The molecule has 24 heavy (non-hydrogen) atoms. The minimum Gasteiger partial charge on any atom is -0.493 e. The summed E-state index contributed by atoms with van der Waals surface area (Å²) in [6.45, 7) is 2.93. The molecule has 1 aromatic carbocycles. The van der Waals surface area contributed by atoms with Crippen molar-refractivity contribution in [2.24, 2.45) is 0 Å². The van der Waals surface area contributed by atoms with Gasteiger partial charge in [0.25, 0.3) is 5.91 Å². The molecule has 126 valence electrons. The number of carbonyl (C=O) groups is 1. The van der Waals surface area contributed by atoms with Gasteiger partial charge >= 0.3 is 0 Å². The predicted molar refractivity (Wildman–Crippen MR) is 90.6 cm³/mol. The summed E-state index contributed by atoms with van der Waals surface area (Å²) >= 11 is 0. The molecular weight excluding hydrogens is 306 g/mol. The van der Waals surface area contributed by atoms with Gasteiger partial charge in [-0.1, -0.05) is 12.1 Å². The third-order valence-electron chi connectivity index (χ3n) is 3.67. The Morgan fingerprint density at radius 1 is 1.46 bits per heavy atom. The molecule has 0 unspecified atom stereocenters. The minimum absolute atomic E-state index is 0.0938. The molecule has 1 heterocycles. The van der Waals surface area contributed by atoms with Gasteiger partial charge in [0, 0.05) is 13.6 Å². The van der Waals surface area contributed by atoms with Crippen molar-refractivity contribution >= 4 is 11.7 Å². The number of para-hydroxylation sites is 1. The van der Waals surface area contributed by atoms with Gasteiger partial charge in [-0.25, -0.2) is 0 Å². The number of benzene rings is 1. The van der Waals surface area contributed by atoms with Crippen LogP contribution in [0.5, 0.6) is 5.75 Å². The van der Waals surface area contributed by atoms with Crippen molar-refractivity contribution in [3.63, 3.8) is 0 Å². The molecule has 0 fully saturated rings. The first-order chi connectivity index (χ1) is 11.6. The number of hydrogen-bond donors (Lipinski definition) is 2. The summed E-state index contributed by atoms with van der Waals surface area (Å²) in [6, 6.07) is 9.24. The maximum absolute atomic E-state index is 12.6. The lowest BCUT2D eigenvalue weighted by atomic mass is 10.1. The molecule has 2 rings (SSSR count). The number of hydrogen-bond acceptors (Lipinski definition) is 5. The third-order valence-corrected chi connectivity index (χ3v) is 3.67. The summed E-state index contributed by atoms with van der Waals surface area (Å²) in [6.07, 6.45) is 1.28. The third kappa shape index (κ3) is 3.84. The first-order valence-electron chi connectivity index (χ1n) is 7.78. The number of carbonyl (C=O) groups excluding carboxylic acids is 1. The van der Waals surface area contributed by atoms with Crippen LogP contribution in [0.3, 0.4) is 0 Å². The lowest BCUT2D eigenvalue weighted by Crippen LogP contribution is -2.28. The number of anilines is 1. The number of aromatic amines is 1. The van der Waals surface area contributed by atoms with E-state index in [9.17, 15) is 4.79 Å². The van der Waals surface area contributed by atoms with E-state index in [0.29, 0.717) is 48.6 Å². The van der Waals surface area contributed by atoms with Gasteiger partial charge < -0.3 is 15.4 Å². The number of H-pyrrole nitrogens is 1. The zero-order chi connectivity index (χ0) is 17.5. The van der Waals surface area contributed by atoms with Crippen LogP contribution in [0, 0.1) is 11.3 Å². The number of nitrogens with one attached hydrogen (secondary N) is 1. The summed E-state index contributed by atoms with van der Waals surface area (Å²) < 4.78 is 5.50. The molecule has 1 amide bonds. The number of amides is 1. The van der Waals surface area contributed by atoms with Gasteiger partial charge in [-0.05, 0) is 31.9 Å². The molecule has 0 saturated carbocycles. The van der Waals surface area contributed by atoms with Crippen LogP contribution in [0.25, 0.3) is 0 Å². The Bertz CT molecular complexity index is 748. The molecule has 0 aliphatic carbocycles. The second-order valence-electron chi connectivity index (χ2n) is 5.33. The highest BCUT2D eigenvalue weighted by Gasteiger charge is 2.17. The van der Waals surface area contributed by atoms with Crippen LogP contribution in [-0.4, -0.2) is 41.2 Å². The summed E-state index contributed by atoms with van der Waals surface area (Å²) in [4.78, 5) is 14.2. The second kappa shape index (κ2) is 8.02. The summed E-state index contributed by atoms with van der Waals surface area (Å²) in [5.74, 6) is 0.705. The highest BCUT2D eigenvalue weighted by atomic mass is 16.5. The number of ether oxygens (including phenoxy) is 1. The predicted octanol–water partition coefficient (Wildman–Crippen LogP) is 1.97. The van der Waals surface area contributed by atoms with Crippen LogP contribution >= 0.6 is 0 Å². The van der Waals surface area contributed by atoms with Gasteiger partial charge in [-0.15, -0.1) is 0 Å². The largest absolute Gasteiger partial charge is 0.493 e. The average molecular weight is 327 g/mol. The van der Waals surface area contributed by atoms with Crippen molar-refractivity contribution in [2.75, 3.05) is 25.9 Å². The lowest BCUT2D eigenvalue weighted by molar-refractivity contribution is 0.0789. The van der Waals surface area contributed by atoms with Crippen LogP contribution in [0.1, 0.15) is 35.0 Å². The van der Waals surface area contributed by atoms with Crippen molar-refractivity contribution < 1.29 is 9.53 Å². The fourth-order valence-electron chi connectivity index (χ4n) is 2.42. The van der Waals surface area contributed by atoms with E-state index < -0.39 is 0 Å². The normalized spacial score (nSPS) is 10.2. The Hall–Kier alpha value is -3.01. The highest BCUT2D eigenvalue weighted by Crippen LogP contribution is 2.20. The second-order valence-corrected chi connectivity index (χ2v) is 5.33. The Kier molecular flexibility index (Phi) is 5.79. The quantitative estimate of drug-likeness (QED) is 0.808. The van der Waals surface area contributed by atoms with Crippen LogP contribution in [0.4, 0.5) is 5.82 Å². The molecule has 0 bridgehead atoms. The standard InChI is InChI=1S/C17H21N5O2/c1-3-24-15-9-5-4-7-12(15)17(23)22(2)10-6-8-14-13(11-18)16(19)21-20-14/h4-5,7,9H,3,6,8,10H2,1-2H3,(H3,19,20,21). The summed E-state index contributed by atoms with van der Waals surface area (Å²) in [5.41, 5.74) is 7.24. The molecule has 7 nitrogen and oxygen atoms in total. The molecule has 0 aliphatic rings. The number of aromatic nitrogens is 2. The lowest BCUT2D eigenvalue weighted by Gasteiger charge is -2.18. The summed E-state index contributed by atoms with van der Waals surface area (Å²) in [5, 5.41) is 15.6. The van der Waals surface area contributed by atoms with E-state index >= 15 is 0 Å². The Labute approximate surface area is 141 Å². The van der Waals surface area contributed by atoms with Crippen molar-refractivity contribution in [3.8, 4) is 11.8 Å². The maximum Gasteiger partial charge on any atom is 0.257 e. The molecule has 7 heteroatoms. The Morgan fingerprint density at radius 2 is 2.21 bits per heavy atom. The van der Waals surface area contributed by atoms with E-state index in [1.807, 2.05) is 25.1 Å². The fourth-order valence-corrected chi connectivity index (χ4v) is 2.42. The van der Waals surface area contributed by atoms with Crippen LogP contribution in [-0.2, 0) is 6.42 Å². The van der Waals surface area contributed by atoms with Crippen molar-refractivity contribution in [1.82, 2.24) is 15.1 Å². The zero-order valence-corrected chi connectivity index (χ0v) is 13.9. The molecular formula is C17H21N5O2. The maximum atomic E-state index is 12.6. The summed E-state index contributed by atoms with van der Waals surface area (Å²) in [7, 11) is 1.75. The molecule has 1 aromatic heterocycles. The van der Waals surface area contributed by atoms with Gasteiger partial charge in [0.1, 0.15) is 17.4 Å². The number of nitrogen functional groups attached to an aromatic ring is 1. The van der Waals surface area contributed by atoms with E-state index in [1.165, 1.54) is 0 Å². The van der Waals surface area contributed by atoms with Crippen molar-refractivity contribution in [2.45, 2.75) is 19.8 Å². The molecule has 0 radical (unpaired) electrons. The topological polar surface area (TPSA) is 108 Å². The van der Waals surface area contributed by atoms with Crippen LogP contribution in [0.2, 0.25) is 0 Å². The molecule has 0 aliphatic heterocycles. The smallest absolute Gasteiger partial charge is 0.257 e. The van der Waals surface area contributed by atoms with Gasteiger partial charge in [0.15, 0.2) is 5.82 Å². The van der Waals surface area contributed by atoms with Gasteiger partial charge in [-0.2, -0.15) is 10.4 Å². The number of nitrogens with two attached hydrogens (primary N) is 1. The molecule has 0 atom stereocenters. The van der Waals surface area contributed by atoms with Gasteiger partial charge in [0.05, 0.1) is 17.9 Å². The number of aryl methyl sites for hydroxylation is 1. The van der Waals surface area contributed by atoms with E-state index in [0.717, 1.165) is 0 Å². The first-order valence-corrected chi connectivity index (χ1v) is 7.78. The average Bonchev–Trinajstić information content (AvgIpc) is 2.94. The van der Waals surface area contributed by atoms with Gasteiger partial charge in [0.2, 0.25) is 0 Å². The monoisotopic (exact) mass is 327 g/mol. The van der Waals surface area contributed by atoms with Crippen molar-refractivity contribution in [3.05, 3.63) is 41.1 Å².